The Labute approximate surface area is 107 Å². The fraction of sp³-hybridized carbons (Fsp3) is 0.462. The van der Waals surface area contributed by atoms with Crippen LogP contribution in [0, 0.1) is 11.3 Å². The number of hydrogen-bond acceptors (Lipinski definition) is 3. The van der Waals surface area contributed by atoms with Crippen LogP contribution in [0.15, 0.2) is 23.1 Å². The Morgan fingerprint density at radius 2 is 2.06 bits per heavy atom. The fourth-order valence-electron chi connectivity index (χ4n) is 1.57. The Hall–Kier alpha value is -0.590. The third-order valence-corrected chi connectivity index (χ3v) is 3.94. The predicted molar refractivity (Wildman–Crippen MR) is 74.3 cm³/mol. The molecule has 1 aromatic carbocycles. The molecule has 1 rings (SSSR count). The molecule has 0 saturated carbocycles. The molecule has 0 amide bonds. The van der Waals surface area contributed by atoms with Gasteiger partial charge in [-0.25, -0.2) is 0 Å². The van der Waals surface area contributed by atoms with E-state index in [0.29, 0.717) is 0 Å². The van der Waals surface area contributed by atoms with Gasteiger partial charge in [0.05, 0.1) is 5.56 Å². The van der Waals surface area contributed by atoms with E-state index in [2.05, 4.69) is 24.5 Å². The lowest BCUT2D eigenvalue weighted by atomic mass is 10.1. The Bertz CT molecular complexity index is 369. The smallest absolute Gasteiger partial charge is 0.100 e. The van der Waals surface area contributed by atoms with Crippen molar-refractivity contribution in [2.45, 2.75) is 24.2 Å². The lowest BCUT2D eigenvalue weighted by Crippen LogP contribution is -1.90. The van der Waals surface area contributed by atoms with Crippen molar-refractivity contribution in [2.24, 2.45) is 0 Å². The minimum atomic E-state index is 0.815. The van der Waals surface area contributed by atoms with Crippen LogP contribution in [0.2, 0.25) is 0 Å². The van der Waals surface area contributed by atoms with Gasteiger partial charge in [0.25, 0.3) is 0 Å². The first kappa shape index (κ1) is 13.5. The maximum absolute atomic E-state index is 9.02. The van der Waals surface area contributed by atoms with Crippen molar-refractivity contribution in [1.29, 1.82) is 5.26 Å². The second-order valence-electron chi connectivity index (χ2n) is 3.60. The van der Waals surface area contributed by atoms with Crippen molar-refractivity contribution in [3.05, 3.63) is 29.3 Å². The first-order valence-corrected chi connectivity index (χ1v) is 7.99. The lowest BCUT2D eigenvalue weighted by molar-refractivity contribution is 0.802. The number of aryl methyl sites for hydroxylation is 1. The van der Waals surface area contributed by atoms with Crippen LogP contribution in [0.5, 0.6) is 0 Å². The minimum Gasteiger partial charge on any atom is -0.192 e. The van der Waals surface area contributed by atoms with E-state index in [-0.39, 0.29) is 0 Å². The lowest BCUT2D eigenvalue weighted by Gasteiger charge is -2.04. The van der Waals surface area contributed by atoms with Gasteiger partial charge in [0.15, 0.2) is 0 Å². The van der Waals surface area contributed by atoms with Gasteiger partial charge in [-0.05, 0) is 55.2 Å². The van der Waals surface area contributed by atoms with Gasteiger partial charge in [-0.15, -0.1) is 11.8 Å². The highest BCUT2D eigenvalue weighted by atomic mass is 32.2. The molecule has 0 aliphatic carbocycles. The second-order valence-corrected chi connectivity index (χ2v) is 5.43. The normalized spacial score (nSPS) is 10.1. The molecule has 0 radical (unpaired) electrons. The minimum absolute atomic E-state index is 0.815. The molecule has 0 aromatic heterocycles. The van der Waals surface area contributed by atoms with E-state index in [1.807, 2.05) is 24.1 Å². The quantitative estimate of drug-likeness (QED) is 0.565. The number of benzene rings is 1. The summed E-state index contributed by atoms with van der Waals surface area (Å²) in [7, 11) is 0. The summed E-state index contributed by atoms with van der Waals surface area (Å²) in [6, 6.07) is 8.50. The largest absolute Gasteiger partial charge is 0.192 e. The highest BCUT2D eigenvalue weighted by Crippen LogP contribution is 2.21. The summed E-state index contributed by atoms with van der Waals surface area (Å²) in [4.78, 5) is 1.08. The molecule has 1 nitrogen and oxygen atoms in total. The molecule has 0 spiro atoms. The topological polar surface area (TPSA) is 23.8 Å². The first-order chi connectivity index (χ1) is 7.81. The molecule has 0 N–H and O–H groups in total. The maximum Gasteiger partial charge on any atom is 0.100 e. The summed E-state index contributed by atoms with van der Waals surface area (Å²) in [5.74, 6) is 1.23. The third-order valence-electron chi connectivity index (χ3n) is 2.45. The van der Waals surface area contributed by atoms with E-state index >= 15 is 0 Å². The highest BCUT2D eigenvalue weighted by molar-refractivity contribution is 7.98. The fourth-order valence-corrected chi connectivity index (χ4v) is 2.59. The summed E-state index contributed by atoms with van der Waals surface area (Å²) in [6.07, 6.45) is 7.71. The van der Waals surface area contributed by atoms with Crippen LogP contribution in [-0.4, -0.2) is 18.3 Å². The average Bonchev–Trinajstić information content (AvgIpc) is 2.34. The third kappa shape index (κ3) is 4.11. The molecule has 0 bridgehead atoms. The molecule has 0 aliphatic heterocycles. The van der Waals surface area contributed by atoms with Gasteiger partial charge >= 0.3 is 0 Å². The van der Waals surface area contributed by atoms with Gasteiger partial charge in [-0.2, -0.15) is 17.0 Å². The predicted octanol–water partition coefficient (Wildman–Crippen LogP) is 3.97. The van der Waals surface area contributed by atoms with Crippen LogP contribution in [0.3, 0.4) is 0 Å². The Kier molecular flexibility index (Phi) is 6.44. The summed E-state index contributed by atoms with van der Waals surface area (Å²) in [5, 5.41) is 9.02. The summed E-state index contributed by atoms with van der Waals surface area (Å²) in [6.45, 7) is 0. The van der Waals surface area contributed by atoms with Crippen LogP contribution in [0.1, 0.15) is 24.0 Å². The number of unbranched alkanes of at least 4 members (excludes halogenated alkanes) is 1. The van der Waals surface area contributed by atoms with E-state index in [0.717, 1.165) is 16.9 Å². The molecule has 0 atom stereocenters. The van der Waals surface area contributed by atoms with Crippen LogP contribution in [-0.2, 0) is 6.42 Å². The van der Waals surface area contributed by atoms with Crippen LogP contribution in [0.4, 0.5) is 0 Å². The maximum atomic E-state index is 9.02. The van der Waals surface area contributed by atoms with Gasteiger partial charge in [0.1, 0.15) is 6.07 Å². The Morgan fingerprint density at radius 1 is 1.25 bits per heavy atom. The van der Waals surface area contributed by atoms with Crippen molar-refractivity contribution < 1.29 is 0 Å². The Morgan fingerprint density at radius 3 is 2.69 bits per heavy atom. The average molecular weight is 251 g/mol. The van der Waals surface area contributed by atoms with Crippen molar-refractivity contribution in [2.75, 3.05) is 18.3 Å². The summed E-state index contributed by atoms with van der Waals surface area (Å²) < 4.78 is 0. The van der Waals surface area contributed by atoms with E-state index in [9.17, 15) is 0 Å². The number of nitriles is 1. The number of rotatable bonds is 6. The van der Waals surface area contributed by atoms with Crippen molar-refractivity contribution >= 4 is 23.5 Å². The van der Waals surface area contributed by atoms with Crippen LogP contribution >= 0.6 is 23.5 Å². The summed E-state index contributed by atoms with van der Waals surface area (Å²) in [5.41, 5.74) is 2.10. The molecular weight excluding hydrogens is 234 g/mol. The van der Waals surface area contributed by atoms with Crippen molar-refractivity contribution in [3.8, 4) is 6.07 Å². The second kappa shape index (κ2) is 7.65. The molecule has 0 heterocycles. The number of thioether (sulfide) groups is 2. The van der Waals surface area contributed by atoms with Gasteiger partial charge < -0.3 is 0 Å². The molecule has 1 aromatic rings. The standard InChI is InChI=1S/C13H17NS2/c1-15-8-4-3-5-11-6-7-13(16-2)12(9-11)10-14/h6-7,9H,3-5,8H2,1-2H3. The zero-order chi connectivity index (χ0) is 11.8. The van der Waals surface area contributed by atoms with Gasteiger partial charge in [0.2, 0.25) is 0 Å². The van der Waals surface area contributed by atoms with Gasteiger partial charge in [-0.3, -0.25) is 0 Å². The molecular formula is C13H17NS2. The highest BCUT2D eigenvalue weighted by Gasteiger charge is 2.02. The summed E-state index contributed by atoms with van der Waals surface area (Å²) >= 11 is 3.53. The number of hydrogen-bond donors (Lipinski definition) is 0. The molecule has 0 aliphatic rings. The number of nitrogens with zero attached hydrogens (tertiary/aromatic N) is 1. The van der Waals surface area contributed by atoms with Crippen LogP contribution in [0.25, 0.3) is 0 Å². The van der Waals surface area contributed by atoms with Crippen molar-refractivity contribution in [3.63, 3.8) is 0 Å². The first-order valence-electron chi connectivity index (χ1n) is 5.37. The molecule has 0 unspecified atom stereocenters. The monoisotopic (exact) mass is 251 g/mol. The van der Waals surface area contributed by atoms with E-state index in [4.69, 9.17) is 5.26 Å². The van der Waals surface area contributed by atoms with Crippen molar-refractivity contribution in [1.82, 2.24) is 0 Å². The van der Waals surface area contributed by atoms with E-state index in [1.165, 1.54) is 24.2 Å². The zero-order valence-electron chi connectivity index (χ0n) is 9.82. The molecule has 3 heteroatoms. The van der Waals surface area contributed by atoms with E-state index in [1.54, 1.807) is 11.8 Å². The molecule has 16 heavy (non-hydrogen) atoms. The van der Waals surface area contributed by atoms with Gasteiger partial charge in [0, 0.05) is 4.90 Å². The molecule has 86 valence electrons. The Balaban J connectivity index is 2.58. The van der Waals surface area contributed by atoms with Crippen LogP contribution < -0.4 is 0 Å². The molecule has 0 fully saturated rings. The van der Waals surface area contributed by atoms with Gasteiger partial charge in [-0.1, -0.05) is 6.07 Å². The SMILES string of the molecule is CSCCCCc1ccc(SC)c(C#N)c1. The zero-order valence-corrected chi connectivity index (χ0v) is 11.5. The molecule has 0 saturated heterocycles. The van der Waals surface area contributed by atoms with E-state index < -0.39 is 0 Å².